The zero-order valence-corrected chi connectivity index (χ0v) is 13.6. The van der Waals surface area contributed by atoms with Gasteiger partial charge in [-0.05, 0) is 19.4 Å². The van der Waals surface area contributed by atoms with Gasteiger partial charge in [-0.1, -0.05) is 18.2 Å². The van der Waals surface area contributed by atoms with Crippen molar-refractivity contribution in [2.75, 3.05) is 41.0 Å². The average Bonchev–Trinajstić information content (AvgIpc) is 2.51. The van der Waals surface area contributed by atoms with Crippen LogP contribution in [0.2, 0.25) is 0 Å². The van der Waals surface area contributed by atoms with Gasteiger partial charge in [0.25, 0.3) is 0 Å². The molecule has 5 heteroatoms. The second-order valence-corrected chi connectivity index (χ2v) is 4.69. The van der Waals surface area contributed by atoms with Crippen LogP contribution < -0.4 is 10.1 Å². The van der Waals surface area contributed by atoms with Crippen LogP contribution in [0.25, 0.3) is 0 Å². The van der Waals surface area contributed by atoms with Gasteiger partial charge in [-0.15, -0.1) is 0 Å². The van der Waals surface area contributed by atoms with Crippen molar-refractivity contribution in [2.24, 2.45) is 4.99 Å². The Morgan fingerprint density at radius 3 is 2.76 bits per heavy atom. The van der Waals surface area contributed by atoms with Gasteiger partial charge in [0, 0.05) is 46.0 Å². The number of nitrogens with zero attached hydrogens (tertiary/aromatic N) is 2. The predicted octanol–water partition coefficient (Wildman–Crippen LogP) is 2.13. The monoisotopic (exact) mass is 293 g/mol. The Morgan fingerprint density at radius 1 is 1.33 bits per heavy atom. The molecule has 0 aliphatic rings. The minimum atomic E-state index is 0.745. The molecule has 1 aromatic carbocycles. The number of rotatable bonds is 8. The van der Waals surface area contributed by atoms with Crippen molar-refractivity contribution >= 4 is 5.96 Å². The Hall–Kier alpha value is -1.75. The van der Waals surface area contributed by atoms with E-state index in [0.29, 0.717) is 0 Å². The van der Waals surface area contributed by atoms with E-state index in [1.807, 2.05) is 32.2 Å². The second-order valence-electron chi connectivity index (χ2n) is 4.69. The van der Waals surface area contributed by atoms with E-state index in [-0.39, 0.29) is 0 Å². The Morgan fingerprint density at radius 2 is 2.10 bits per heavy atom. The lowest BCUT2D eigenvalue weighted by molar-refractivity contribution is 0.145. The van der Waals surface area contributed by atoms with E-state index in [9.17, 15) is 0 Å². The molecule has 118 valence electrons. The lowest BCUT2D eigenvalue weighted by Gasteiger charge is -2.23. The van der Waals surface area contributed by atoms with Crippen molar-refractivity contribution in [2.45, 2.75) is 19.9 Å². The maximum atomic E-state index is 5.38. The quantitative estimate of drug-likeness (QED) is 0.453. The van der Waals surface area contributed by atoms with Gasteiger partial charge in [0.1, 0.15) is 5.75 Å². The highest BCUT2D eigenvalue weighted by Crippen LogP contribution is 2.18. The van der Waals surface area contributed by atoms with E-state index in [2.05, 4.69) is 21.3 Å². The first kappa shape index (κ1) is 17.3. The van der Waals surface area contributed by atoms with Crippen LogP contribution in [0.3, 0.4) is 0 Å². The molecule has 1 aromatic rings. The number of benzene rings is 1. The largest absolute Gasteiger partial charge is 0.496 e. The van der Waals surface area contributed by atoms with E-state index in [4.69, 9.17) is 9.47 Å². The second kappa shape index (κ2) is 10.0. The molecule has 5 nitrogen and oxygen atoms in total. The van der Waals surface area contributed by atoms with Crippen molar-refractivity contribution < 1.29 is 9.47 Å². The van der Waals surface area contributed by atoms with Gasteiger partial charge in [-0.2, -0.15) is 0 Å². The SMILES string of the molecule is CCOCCCNC(=NC)N(C)Cc1ccccc1OC. The van der Waals surface area contributed by atoms with Gasteiger partial charge in [-0.3, -0.25) is 4.99 Å². The standard InChI is InChI=1S/C16H27N3O2/c1-5-21-12-8-11-18-16(17-2)19(3)13-14-9-6-7-10-15(14)20-4/h6-7,9-10H,5,8,11-13H2,1-4H3,(H,17,18). The van der Waals surface area contributed by atoms with Crippen LogP contribution in [-0.4, -0.2) is 51.8 Å². The number of methoxy groups -OCH3 is 1. The fourth-order valence-corrected chi connectivity index (χ4v) is 2.07. The lowest BCUT2D eigenvalue weighted by atomic mass is 10.2. The molecule has 0 unspecified atom stereocenters. The number of ether oxygens (including phenoxy) is 2. The number of aliphatic imine (C=N–C) groups is 1. The third-order valence-corrected chi connectivity index (χ3v) is 3.13. The maximum absolute atomic E-state index is 5.38. The van der Waals surface area contributed by atoms with Crippen LogP contribution in [0.1, 0.15) is 18.9 Å². The highest BCUT2D eigenvalue weighted by atomic mass is 16.5. The Balaban J connectivity index is 2.49. The van der Waals surface area contributed by atoms with Crippen molar-refractivity contribution in [1.82, 2.24) is 10.2 Å². The summed E-state index contributed by atoms with van der Waals surface area (Å²) in [6, 6.07) is 8.03. The number of para-hydroxylation sites is 1. The molecule has 0 aromatic heterocycles. The Labute approximate surface area is 128 Å². The minimum Gasteiger partial charge on any atom is -0.496 e. The summed E-state index contributed by atoms with van der Waals surface area (Å²) in [4.78, 5) is 6.39. The molecule has 0 saturated carbocycles. The number of nitrogens with one attached hydrogen (secondary N) is 1. The van der Waals surface area contributed by atoms with E-state index >= 15 is 0 Å². The minimum absolute atomic E-state index is 0.745. The molecular formula is C16H27N3O2. The normalized spacial score (nSPS) is 11.3. The van der Waals surface area contributed by atoms with Crippen LogP contribution >= 0.6 is 0 Å². The predicted molar refractivity (Wildman–Crippen MR) is 86.9 cm³/mol. The van der Waals surface area contributed by atoms with Gasteiger partial charge < -0.3 is 19.7 Å². The smallest absolute Gasteiger partial charge is 0.193 e. The summed E-state index contributed by atoms with van der Waals surface area (Å²) >= 11 is 0. The lowest BCUT2D eigenvalue weighted by Crippen LogP contribution is -2.39. The molecule has 0 amide bonds. The van der Waals surface area contributed by atoms with Gasteiger partial charge in [0.05, 0.1) is 7.11 Å². The Kier molecular flexibility index (Phi) is 8.28. The molecule has 0 aliphatic heterocycles. The molecule has 0 saturated heterocycles. The summed E-state index contributed by atoms with van der Waals surface area (Å²) in [6.45, 7) is 5.14. The molecular weight excluding hydrogens is 266 g/mol. The first-order chi connectivity index (χ1) is 10.2. The summed E-state index contributed by atoms with van der Waals surface area (Å²) in [6.07, 6.45) is 0.968. The van der Waals surface area contributed by atoms with Crippen LogP contribution in [-0.2, 0) is 11.3 Å². The summed E-state index contributed by atoms with van der Waals surface area (Å²) in [5, 5.41) is 3.34. The molecule has 1 N–H and O–H groups in total. The highest BCUT2D eigenvalue weighted by molar-refractivity contribution is 5.79. The topological polar surface area (TPSA) is 46.1 Å². The first-order valence-corrected chi connectivity index (χ1v) is 7.34. The van der Waals surface area contributed by atoms with Gasteiger partial charge in [0.15, 0.2) is 5.96 Å². The molecule has 21 heavy (non-hydrogen) atoms. The van der Waals surface area contributed by atoms with Crippen molar-refractivity contribution in [3.8, 4) is 5.75 Å². The molecule has 0 aliphatic carbocycles. The summed E-state index contributed by atoms with van der Waals surface area (Å²) < 4.78 is 10.7. The average molecular weight is 293 g/mol. The first-order valence-electron chi connectivity index (χ1n) is 7.34. The third kappa shape index (κ3) is 6.04. The van der Waals surface area contributed by atoms with E-state index in [1.54, 1.807) is 14.2 Å². The van der Waals surface area contributed by atoms with Crippen molar-refractivity contribution in [3.63, 3.8) is 0 Å². The fourth-order valence-electron chi connectivity index (χ4n) is 2.07. The van der Waals surface area contributed by atoms with Crippen LogP contribution in [0.15, 0.2) is 29.3 Å². The molecule has 0 atom stereocenters. The summed E-state index contributed by atoms with van der Waals surface area (Å²) in [7, 11) is 5.51. The van der Waals surface area contributed by atoms with Gasteiger partial charge in [0.2, 0.25) is 0 Å². The molecule has 0 fully saturated rings. The fraction of sp³-hybridized carbons (Fsp3) is 0.562. The number of hydrogen-bond acceptors (Lipinski definition) is 3. The van der Waals surface area contributed by atoms with E-state index < -0.39 is 0 Å². The zero-order valence-electron chi connectivity index (χ0n) is 13.6. The van der Waals surface area contributed by atoms with Gasteiger partial charge in [-0.25, -0.2) is 0 Å². The molecule has 1 rings (SSSR count). The van der Waals surface area contributed by atoms with E-state index in [0.717, 1.165) is 50.0 Å². The maximum Gasteiger partial charge on any atom is 0.193 e. The number of hydrogen-bond donors (Lipinski definition) is 1. The van der Waals surface area contributed by atoms with Crippen molar-refractivity contribution in [1.29, 1.82) is 0 Å². The third-order valence-electron chi connectivity index (χ3n) is 3.13. The molecule has 0 heterocycles. The molecule has 0 radical (unpaired) electrons. The number of guanidine groups is 1. The molecule has 0 bridgehead atoms. The van der Waals surface area contributed by atoms with E-state index in [1.165, 1.54) is 0 Å². The summed E-state index contributed by atoms with van der Waals surface area (Å²) in [5.41, 5.74) is 1.14. The van der Waals surface area contributed by atoms with Crippen LogP contribution in [0.5, 0.6) is 5.75 Å². The Bertz CT molecular complexity index is 435. The zero-order chi connectivity index (χ0) is 15.5. The van der Waals surface area contributed by atoms with Crippen LogP contribution in [0, 0.1) is 0 Å². The highest BCUT2D eigenvalue weighted by Gasteiger charge is 2.09. The van der Waals surface area contributed by atoms with Crippen LogP contribution in [0.4, 0.5) is 0 Å². The van der Waals surface area contributed by atoms with Gasteiger partial charge >= 0.3 is 0 Å². The molecule has 0 spiro atoms. The summed E-state index contributed by atoms with van der Waals surface area (Å²) in [5.74, 6) is 1.77. The van der Waals surface area contributed by atoms with Crippen molar-refractivity contribution in [3.05, 3.63) is 29.8 Å².